The SMILES string of the molecule is [N-]=[N+]=Nc1ccc2ccccc2c1-c1cccc2ccccc12. The highest BCUT2D eigenvalue weighted by molar-refractivity contribution is 6.09. The van der Waals surface area contributed by atoms with Gasteiger partial charge >= 0.3 is 0 Å². The fourth-order valence-electron chi connectivity index (χ4n) is 3.12. The number of hydrogen-bond acceptors (Lipinski definition) is 1. The summed E-state index contributed by atoms with van der Waals surface area (Å²) in [6.45, 7) is 0. The highest BCUT2D eigenvalue weighted by Crippen LogP contribution is 2.40. The molecule has 0 radical (unpaired) electrons. The van der Waals surface area contributed by atoms with Gasteiger partial charge < -0.3 is 0 Å². The summed E-state index contributed by atoms with van der Waals surface area (Å²) in [7, 11) is 0. The van der Waals surface area contributed by atoms with Gasteiger partial charge in [0.25, 0.3) is 0 Å². The smallest absolute Gasteiger partial charge is 0.0460 e. The number of azide groups is 1. The van der Waals surface area contributed by atoms with E-state index < -0.39 is 0 Å². The second-order valence-electron chi connectivity index (χ2n) is 5.40. The van der Waals surface area contributed by atoms with Crippen molar-refractivity contribution < 1.29 is 0 Å². The lowest BCUT2D eigenvalue weighted by Gasteiger charge is -2.13. The normalized spacial score (nSPS) is 10.6. The molecule has 23 heavy (non-hydrogen) atoms. The van der Waals surface area contributed by atoms with E-state index in [1.807, 2.05) is 42.5 Å². The molecule has 0 aliphatic heterocycles. The molecule has 3 nitrogen and oxygen atoms in total. The zero-order chi connectivity index (χ0) is 15.6. The Morgan fingerprint density at radius 3 is 2.09 bits per heavy atom. The Balaban J connectivity index is 2.19. The van der Waals surface area contributed by atoms with Crippen molar-refractivity contribution in [2.75, 3.05) is 0 Å². The van der Waals surface area contributed by atoms with Crippen LogP contribution in [0.4, 0.5) is 5.69 Å². The van der Waals surface area contributed by atoms with Gasteiger partial charge in [-0.3, -0.25) is 0 Å². The average Bonchev–Trinajstić information content (AvgIpc) is 2.61. The molecule has 0 aliphatic rings. The summed E-state index contributed by atoms with van der Waals surface area (Å²) in [6, 6.07) is 26.5. The van der Waals surface area contributed by atoms with Crippen LogP contribution in [0.15, 0.2) is 84.0 Å². The third kappa shape index (κ3) is 2.20. The molecule has 4 aromatic rings. The Bertz CT molecular complexity index is 1070. The van der Waals surface area contributed by atoms with Crippen LogP contribution in [-0.4, -0.2) is 0 Å². The predicted molar refractivity (Wildman–Crippen MR) is 95.7 cm³/mol. The summed E-state index contributed by atoms with van der Waals surface area (Å²) < 4.78 is 0. The summed E-state index contributed by atoms with van der Waals surface area (Å²) in [4.78, 5) is 3.00. The fraction of sp³-hybridized carbons (Fsp3) is 0. The van der Waals surface area contributed by atoms with Crippen LogP contribution in [0.2, 0.25) is 0 Å². The van der Waals surface area contributed by atoms with Crippen molar-refractivity contribution in [3.8, 4) is 11.1 Å². The van der Waals surface area contributed by atoms with E-state index in [1.54, 1.807) is 0 Å². The van der Waals surface area contributed by atoms with Crippen molar-refractivity contribution in [1.29, 1.82) is 0 Å². The van der Waals surface area contributed by atoms with Crippen molar-refractivity contribution in [3.63, 3.8) is 0 Å². The van der Waals surface area contributed by atoms with E-state index in [2.05, 4.69) is 46.4 Å². The molecule has 0 N–H and O–H groups in total. The monoisotopic (exact) mass is 295 g/mol. The molecule has 4 aromatic carbocycles. The largest absolute Gasteiger partial charge is 0.0616 e. The number of nitrogens with zero attached hydrogens (tertiary/aromatic N) is 3. The minimum atomic E-state index is 0.655. The van der Waals surface area contributed by atoms with Crippen molar-refractivity contribution in [2.45, 2.75) is 0 Å². The first kappa shape index (κ1) is 13.4. The van der Waals surface area contributed by atoms with Crippen molar-refractivity contribution in [1.82, 2.24) is 0 Å². The Morgan fingerprint density at radius 1 is 0.652 bits per heavy atom. The molecule has 0 spiro atoms. The minimum absolute atomic E-state index is 0.655. The van der Waals surface area contributed by atoms with Gasteiger partial charge in [-0.25, -0.2) is 0 Å². The molecule has 108 valence electrons. The topological polar surface area (TPSA) is 48.8 Å². The van der Waals surface area contributed by atoms with Gasteiger partial charge in [0, 0.05) is 10.6 Å². The van der Waals surface area contributed by atoms with E-state index in [0.29, 0.717) is 5.69 Å². The third-order valence-electron chi connectivity index (χ3n) is 4.12. The number of fused-ring (bicyclic) bond motifs is 2. The first-order valence-corrected chi connectivity index (χ1v) is 7.43. The molecule has 0 saturated heterocycles. The second-order valence-corrected chi connectivity index (χ2v) is 5.40. The summed E-state index contributed by atoms with van der Waals surface area (Å²) in [5.74, 6) is 0. The van der Waals surface area contributed by atoms with E-state index >= 15 is 0 Å². The Labute approximate surface area is 133 Å². The van der Waals surface area contributed by atoms with Gasteiger partial charge in [0.15, 0.2) is 0 Å². The molecule has 0 unspecified atom stereocenters. The summed E-state index contributed by atoms with van der Waals surface area (Å²) in [5, 5.41) is 8.47. The zero-order valence-electron chi connectivity index (χ0n) is 12.3. The Hall–Kier alpha value is -3.29. The van der Waals surface area contributed by atoms with Crippen LogP contribution in [-0.2, 0) is 0 Å². The molecule has 0 fully saturated rings. The second kappa shape index (κ2) is 5.48. The van der Waals surface area contributed by atoms with Crippen LogP contribution < -0.4 is 0 Å². The maximum absolute atomic E-state index is 8.93. The lowest BCUT2D eigenvalue weighted by atomic mass is 9.93. The maximum Gasteiger partial charge on any atom is 0.0460 e. The molecule has 0 aromatic heterocycles. The van der Waals surface area contributed by atoms with Crippen molar-refractivity contribution in [3.05, 3.63) is 89.3 Å². The van der Waals surface area contributed by atoms with Crippen LogP contribution >= 0.6 is 0 Å². The fourth-order valence-corrected chi connectivity index (χ4v) is 3.12. The average molecular weight is 295 g/mol. The first-order chi connectivity index (χ1) is 11.4. The van der Waals surface area contributed by atoms with E-state index in [0.717, 1.165) is 27.3 Å². The number of hydrogen-bond donors (Lipinski definition) is 0. The molecular formula is C20H13N3. The standard InChI is InChI=1S/C20H13N3/c21-23-22-19-13-12-15-7-2-4-10-17(15)20(19)18-11-5-8-14-6-1-3-9-16(14)18/h1-13H. The molecule has 0 atom stereocenters. The van der Waals surface area contributed by atoms with E-state index in [-0.39, 0.29) is 0 Å². The molecule has 0 heterocycles. The van der Waals surface area contributed by atoms with Crippen LogP contribution in [0.1, 0.15) is 0 Å². The van der Waals surface area contributed by atoms with Gasteiger partial charge in [-0.2, -0.15) is 0 Å². The van der Waals surface area contributed by atoms with Crippen LogP contribution in [0.5, 0.6) is 0 Å². The molecule has 4 rings (SSSR count). The highest BCUT2D eigenvalue weighted by Gasteiger charge is 2.11. The number of rotatable bonds is 2. The molecule has 0 amide bonds. The van der Waals surface area contributed by atoms with Crippen LogP contribution in [0, 0.1) is 0 Å². The van der Waals surface area contributed by atoms with Gasteiger partial charge in [-0.1, -0.05) is 84.0 Å². The van der Waals surface area contributed by atoms with Gasteiger partial charge in [0.2, 0.25) is 0 Å². The van der Waals surface area contributed by atoms with Gasteiger partial charge in [0.05, 0.1) is 0 Å². The summed E-state index contributed by atoms with van der Waals surface area (Å²) >= 11 is 0. The quantitative estimate of drug-likeness (QED) is 0.227. The Morgan fingerprint density at radius 2 is 1.30 bits per heavy atom. The lowest BCUT2D eigenvalue weighted by molar-refractivity contribution is 1.49. The molecule has 0 saturated carbocycles. The van der Waals surface area contributed by atoms with E-state index in [1.165, 1.54) is 5.39 Å². The van der Waals surface area contributed by atoms with Crippen LogP contribution in [0.3, 0.4) is 0 Å². The summed E-state index contributed by atoms with van der Waals surface area (Å²) in [5.41, 5.74) is 11.7. The molecule has 3 heteroatoms. The van der Waals surface area contributed by atoms with Crippen LogP contribution in [0.25, 0.3) is 43.1 Å². The molecular weight excluding hydrogens is 282 g/mol. The predicted octanol–water partition coefficient (Wildman–Crippen LogP) is 6.60. The zero-order valence-corrected chi connectivity index (χ0v) is 12.3. The third-order valence-corrected chi connectivity index (χ3v) is 4.12. The minimum Gasteiger partial charge on any atom is -0.0616 e. The highest BCUT2D eigenvalue weighted by atomic mass is 15.1. The molecule has 0 bridgehead atoms. The summed E-state index contributed by atoms with van der Waals surface area (Å²) in [6.07, 6.45) is 0. The maximum atomic E-state index is 8.93. The van der Waals surface area contributed by atoms with Crippen molar-refractivity contribution in [2.24, 2.45) is 5.11 Å². The Kier molecular flexibility index (Phi) is 3.19. The lowest BCUT2D eigenvalue weighted by Crippen LogP contribution is -1.85. The van der Waals surface area contributed by atoms with E-state index in [9.17, 15) is 0 Å². The molecule has 0 aliphatic carbocycles. The van der Waals surface area contributed by atoms with Gasteiger partial charge in [-0.15, -0.1) is 0 Å². The van der Waals surface area contributed by atoms with Gasteiger partial charge in [-0.05, 0) is 38.2 Å². The van der Waals surface area contributed by atoms with Crippen molar-refractivity contribution >= 4 is 27.2 Å². The van der Waals surface area contributed by atoms with E-state index in [4.69, 9.17) is 5.53 Å². The van der Waals surface area contributed by atoms with Gasteiger partial charge in [0.1, 0.15) is 0 Å². The number of benzene rings is 4. The first-order valence-electron chi connectivity index (χ1n) is 7.43.